The van der Waals surface area contributed by atoms with Crippen LogP contribution in [0.1, 0.15) is 23.1 Å². The molecular weight excluding hydrogens is 332 g/mol. The number of methoxy groups -OCH3 is 2. The second-order valence-corrected chi connectivity index (χ2v) is 6.11. The van der Waals surface area contributed by atoms with Gasteiger partial charge in [0.25, 0.3) is 0 Å². The van der Waals surface area contributed by atoms with Crippen LogP contribution in [0.4, 0.5) is 11.4 Å². The minimum atomic E-state index is -0.423. The summed E-state index contributed by atoms with van der Waals surface area (Å²) in [4.78, 5) is 24.4. The maximum Gasteiger partial charge on any atom is 0.233 e. The molecule has 0 bridgehead atoms. The topological polar surface area (TPSA) is 76.7 Å². The van der Waals surface area contributed by atoms with Crippen molar-refractivity contribution in [2.24, 2.45) is 0 Å². The zero-order valence-corrected chi connectivity index (χ0v) is 15.7. The summed E-state index contributed by atoms with van der Waals surface area (Å²) in [5.41, 5.74) is 4.28. The van der Waals surface area contributed by atoms with E-state index < -0.39 is 5.91 Å². The summed E-state index contributed by atoms with van der Waals surface area (Å²) in [5.74, 6) is 0.282. The largest absolute Gasteiger partial charge is 0.497 e. The highest BCUT2D eigenvalue weighted by molar-refractivity contribution is 6.08. The first-order valence-electron chi connectivity index (χ1n) is 8.23. The predicted molar refractivity (Wildman–Crippen MR) is 102 cm³/mol. The number of benzene rings is 2. The van der Waals surface area contributed by atoms with Crippen molar-refractivity contribution in [3.8, 4) is 11.5 Å². The number of ether oxygens (including phenoxy) is 2. The molecule has 0 aliphatic carbocycles. The van der Waals surface area contributed by atoms with Gasteiger partial charge in [-0.15, -0.1) is 0 Å². The van der Waals surface area contributed by atoms with Gasteiger partial charge in [0.05, 0.1) is 19.9 Å². The van der Waals surface area contributed by atoms with E-state index >= 15 is 0 Å². The van der Waals surface area contributed by atoms with Crippen LogP contribution in [0.25, 0.3) is 0 Å². The van der Waals surface area contributed by atoms with Crippen LogP contribution in [-0.2, 0) is 9.59 Å². The van der Waals surface area contributed by atoms with Crippen LogP contribution in [0.5, 0.6) is 11.5 Å². The molecule has 26 heavy (non-hydrogen) atoms. The lowest BCUT2D eigenvalue weighted by Gasteiger charge is -2.14. The van der Waals surface area contributed by atoms with Gasteiger partial charge in [-0.25, -0.2) is 0 Å². The molecule has 6 heteroatoms. The standard InChI is InChI=1S/C20H24N2O4/c1-12-8-13(2)20(14(3)9-12)22-19(24)11-18(23)21-16-7-6-15(25-4)10-17(16)26-5/h6-10H,11H2,1-5H3,(H,21,23)(H,22,24). The van der Waals surface area contributed by atoms with E-state index in [0.717, 1.165) is 22.4 Å². The Kier molecular flexibility index (Phi) is 6.22. The van der Waals surface area contributed by atoms with Gasteiger partial charge in [-0.2, -0.15) is 0 Å². The van der Waals surface area contributed by atoms with Crippen LogP contribution in [0.3, 0.4) is 0 Å². The number of amides is 2. The van der Waals surface area contributed by atoms with E-state index in [9.17, 15) is 9.59 Å². The number of nitrogens with one attached hydrogen (secondary N) is 2. The van der Waals surface area contributed by atoms with Crippen molar-refractivity contribution in [2.75, 3.05) is 24.9 Å². The van der Waals surface area contributed by atoms with Crippen molar-refractivity contribution < 1.29 is 19.1 Å². The quantitative estimate of drug-likeness (QED) is 0.776. The molecule has 0 radical (unpaired) electrons. The Morgan fingerprint density at radius 3 is 2.08 bits per heavy atom. The summed E-state index contributed by atoms with van der Waals surface area (Å²) >= 11 is 0. The second kappa shape index (κ2) is 8.38. The SMILES string of the molecule is COc1ccc(NC(=O)CC(=O)Nc2c(C)cc(C)cc2C)c(OC)c1. The molecule has 2 N–H and O–H groups in total. The first-order chi connectivity index (χ1) is 12.3. The molecule has 2 amide bonds. The third-order valence-corrected chi connectivity index (χ3v) is 3.95. The highest BCUT2D eigenvalue weighted by Crippen LogP contribution is 2.29. The molecule has 0 aliphatic rings. The zero-order chi connectivity index (χ0) is 19.3. The number of anilines is 2. The van der Waals surface area contributed by atoms with Gasteiger partial charge < -0.3 is 20.1 Å². The lowest BCUT2D eigenvalue weighted by Crippen LogP contribution is -2.22. The smallest absolute Gasteiger partial charge is 0.233 e. The highest BCUT2D eigenvalue weighted by atomic mass is 16.5. The van der Waals surface area contributed by atoms with E-state index in [1.165, 1.54) is 7.11 Å². The van der Waals surface area contributed by atoms with Gasteiger partial charge in [-0.3, -0.25) is 9.59 Å². The van der Waals surface area contributed by atoms with E-state index in [0.29, 0.717) is 17.2 Å². The van der Waals surface area contributed by atoms with Crippen molar-refractivity contribution in [2.45, 2.75) is 27.2 Å². The minimum Gasteiger partial charge on any atom is -0.497 e. The molecule has 0 atom stereocenters. The molecule has 0 aliphatic heterocycles. The molecule has 2 aromatic carbocycles. The average molecular weight is 356 g/mol. The number of carbonyl (C=O) groups is 2. The van der Waals surface area contributed by atoms with E-state index in [1.807, 2.05) is 32.9 Å². The summed E-state index contributed by atoms with van der Waals surface area (Å²) in [7, 11) is 3.05. The van der Waals surface area contributed by atoms with Crippen LogP contribution in [0.2, 0.25) is 0 Å². The molecule has 0 saturated carbocycles. The van der Waals surface area contributed by atoms with Crippen molar-refractivity contribution >= 4 is 23.2 Å². The zero-order valence-electron chi connectivity index (χ0n) is 15.7. The number of hydrogen-bond acceptors (Lipinski definition) is 4. The summed E-state index contributed by atoms with van der Waals surface area (Å²) in [6.07, 6.45) is -0.290. The lowest BCUT2D eigenvalue weighted by molar-refractivity contribution is -0.123. The maximum absolute atomic E-state index is 12.2. The third kappa shape index (κ3) is 4.75. The van der Waals surface area contributed by atoms with Gasteiger partial charge in [-0.1, -0.05) is 17.7 Å². The molecule has 0 saturated heterocycles. The minimum absolute atomic E-state index is 0.290. The Morgan fingerprint density at radius 2 is 1.50 bits per heavy atom. The van der Waals surface area contributed by atoms with Gasteiger partial charge in [0.1, 0.15) is 17.9 Å². The fraction of sp³-hybridized carbons (Fsp3) is 0.300. The van der Waals surface area contributed by atoms with Gasteiger partial charge in [0.2, 0.25) is 11.8 Å². The fourth-order valence-electron chi connectivity index (χ4n) is 2.80. The Labute approximate surface area is 153 Å². The molecule has 0 aromatic heterocycles. The van der Waals surface area contributed by atoms with E-state index in [4.69, 9.17) is 9.47 Å². The van der Waals surface area contributed by atoms with Crippen molar-refractivity contribution in [1.82, 2.24) is 0 Å². The second-order valence-electron chi connectivity index (χ2n) is 6.11. The first-order valence-corrected chi connectivity index (χ1v) is 8.23. The van der Waals surface area contributed by atoms with Crippen molar-refractivity contribution in [3.63, 3.8) is 0 Å². The Balaban J connectivity index is 2.03. The van der Waals surface area contributed by atoms with Crippen LogP contribution in [0, 0.1) is 20.8 Å². The predicted octanol–water partition coefficient (Wildman–Crippen LogP) is 3.60. The summed E-state index contributed by atoms with van der Waals surface area (Å²) in [6.45, 7) is 5.86. The summed E-state index contributed by atoms with van der Waals surface area (Å²) in [6, 6.07) is 9.02. The van der Waals surface area contributed by atoms with E-state index in [-0.39, 0.29) is 12.3 Å². The number of carbonyl (C=O) groups excluding carboxylic acids is 2. The molecule has 2 rings (SSSR count). The fourth-order valence-corrected chi connectivity index (χ4v) is 2.80. The normalized spacial score (nSPS) is 10.2. The van der Waals surface area contributed by atoms with Crippen molar-refractivity contribution in [1.29, 1.82) is 0 Å². The van der Waals surface area contributed by atoms with Crippen LogP contribution in [0.15, 0.2) is 30.3 Å². The van der Waals surface area contributed by atoms with Gasteiger partial charge in [0.15, 0.2) is 0 Å². The number of rotatable bonds is 6. The monoisotopic (exact) mass is 356 g/mol. The Morgan fingerprint density at radius 1 is 0.885 bits per heavy atom. The first kappa shape index (κ1) is 19.3. The number of aryl methyl sites for hydroxylation is 3. The molecule has 6 nitrogen and oxygen atoms in total. The maximum atomic E-state index is 12.2. The van der Waals surface area contributed by atoms with E-state index in [2.05, 4.69) is 10.6 Å². The molecule has 2 aromatic rings. The Hall–Kier alpha value is -3.02. The summed E-state index contributed by atoms with van der Waals surface area (Å²) < 4.78 is 10.4. The van der Waals surface area contributed by atoms with Crippen molar-refractivity contribution in [3.05, 3.63) is 47.0 Å². The van der Waals surface area contributed by atoms with Crippen LogP contribution >= 0.6 is 0 Å². The summed E-state index contributed by atoms with van der Waals surface area (Å²) in [5, 5.41) is 5.51. The third-order valence-electron chi connectivity index (χ3n) is 3.95. The molecule has 0 heterocycles. The van der Waals surface area contributed by atoms with Crippen LogP contribution in [-0.4, -0.2) is 26.0 Å². The lowest BCUT2D eigenvalue weighted by atomic mass is 10.0. The Bertz CT molecular complexity index is 808. The van der Waals surface area contributed by atoms with E-state index in [1.54, 1.807) is 25.3 Å². The number of hydrogen-bond donors (Lipinski definition) is 2. The van der Waals surface area contributed by atoms with Gasteiger partial charge >= 0.3 is 0 Å². The van der Waals surface area contributed by atoms with Crippen LogP contribution < -0.4 is 20.1 Å². The average Bonchev–Trinajstić information content (AvgIpc) is 2.58. The molecule has 0 spiro atoms. The highest BCUT2D eigenvalue weighted by Gasteiger charge is 2.14. The molecule has 0 unspecified atom stereocenters. The molecular formula is C20H24N2O4. The van der Waals surface area contributed by atoms with Gasteiger partial charge in [0, 0.05) is 11.8 Å². The van der Waals surface area contributed by atoms with Gasteiger partial charge in [-0.05, 0) is 44.0 Å². The molecule has 138 valence electrons. The molecule has 0 fully saturated rings.